The molecule has 1 aliphatic rings. The van der Waals surface area contributed by atoms with Gasteiger partial charge in [-0.25, -0.2) is 18.2 Å². The number of H-pyrrole nitrogens is 1. The monoisotopic (exact) mass is 478 g/mol. The molecule has 3 heterocycles. The molecule has 0 amide bonds. The van der Waals surface area contributed by atoms with E-state index in [1.807, 2.05) is 0 Å². The van der Waals surface area contributed by atoms with E-state index in [-0.39, 0.29) is 11.3 Å². The average molecular weight is 478 g/mol. The van der Waals surface area contributed by atoms with Crippen LogP contribution in [-0.2, 0) is 0 Å². The zero-order valence-corrected chi connectivity index (χ0v) is 18.4. The minimum Gasteiger partial charge on any atom is -0.345 e. The lowest BCUT2D eigenvalue weighted by molar-refractivity contribution is 0.103. The van der Waals surface area contributed by atoms with Crippen molar-refractivity contribution in [1.82, 2.24) is 14.6 Å². The first-order chi connectivity index (χ1) is 16.4. The standard InChI is InChI=1S/C24H14F3N5OS/c1-12-28-11-20(31-12)13-7-16-17(10-30-24(16)29-9-13)23(33)21-18(26)5-6-19(22(21)27)32-34-15-4-2-3-14(25)8-15/h2-11,32H,1H3/p+1. The molecule has 6 nitrogen and oxygen atoms in total. The van der Waals surface area contributed by atoms with Gasteiger partial charge in [-0.05, 0) is 53.3 Å². The number of ketones is 1. The van der Waals surface area contributed by atoms with E-state index in [9.17, 15) is 13.6 Å². The Bertz CT molecular complexity index is 1570. The van der Waals surface area contributed by atoms with Crippen molar-refractivity contribution >= 4 is 52.2 Å². The van der Waals surface area contributed by atoms with Gasteiger partial charge in [0.2, 0.25) is 12.0 Å². The number of fused-ring (bicyclic) bond motifs is 1. The maximum atomic E-state index is 15.2. The summed E-state index contributed by atoms with van der Waals surface area (Å²) in [5.41, 5.74) is 0.822. The molecule has 0 spiro atoms. The molecule has 0 fully saturated rings. The van der Waals surface area contributed by atoms with Crippen LogP contribution in [-0.4, -0.2) is 33.5 Å². The Morgan fingerprint density at radius 1 is 1.15 bits per heavy atom. The van der Waals surface area contributed by atoms with Crippen LogP contribution in [0.2, 0.25) is 0 Å². The number of amidine groups is 1. The molecule has 4 aromatic rings. The summed E-state index contributed by atoms with van der Waals surface area (Å²) in [6, 6.07) is 9.55. The molecule has 2 aromatic carbocycles. The van der Waals surface area contributed by atoms with Gasteiger partial charge in [0.05, 0.1) is 23.7 Å². The smallest absolute Gasteiger partial charge is 0.345 e. The zero-order chi connectivity index (χ0) is 23.8. The Morgan fingerprint density at radius 3 is 2.76 bits per heavy atom. The second-order valence-corrected chi connectivity index (χ2v) is 8.28. The Morgan fingerprint density at radius 2 is 2.00 bits per heavy atom. The first kappa shape index (κ1) is 21.7. The number of carbonyl (C=O) groups excluding carboxylic acids is 1. The van der Waals surface area contributed by atoms with Crippen molar-refractivity contribution in [2.45, 2.75) is 11.8 Å². The third-order valence-corrected chi connectivity index (χ3v) is 5.93. The SMILES string of the molecule is CC1=[N+]=C(c2cnc3[nH]cc(C(=O)c4c(F)ccc(NSc5cccc(F)c5)c4F)c3c2)C=N1. The minimum atomic E-state index is -1.05. The van der Waals surface area contributed by atoms with E-state index in [0.717, 1.165) is 18.0 Å². The molecule has 0 radical (unpaired) electrons. The molecule has 168 valence electrons. The summed E-state index contributed by atoms with van der Waals surface area (Å²) in [6.45, 7) is 1.75. The number of aromatic amines is 1. The number of hydrogen-bond acceptors (Lipinski definition) is 5. The predicted molar refractivity (Wildman–Crippen MR) is 127 cm³/mol. The van der Waals surface area contributed by atoms with Crippen molar-refractivity contribution < 1.29 is 18.0 Å². The van der Waals surface area contributed by atoms with E-state index >= 15 is 4.39 Å². The molecular formula is C24H15F3N5OS+. The first-order valence-electron chi connectivity index (χ1n) is 10.1. The van der Waals surface area contributed by atoms with Gasteiger partial charge in [-0.1, -0.05) is 6.07 Å². The summed E-state index contributed by atoms with van der Waals surface area (Å²) < 4.78 is 50.3. The van der Waals surface area contributed by atoms with Crippen molar-refractivity contribution in [2.24, 2.45) is 4.99 Å². The van der Waals surface area contributed by atoms with Gasteiger partial charge in [0, 0.05) is 28.2 Å². The van der Waals surface area contributed by atoms with Crippen molar-refractivity contribution in [3.8, 4) is 0 Å². The largest absolute Gasteiger partial charge is 0.387 e. The predicted octanol–water partition coefficient (Wildman–Crippen LogP) is 4.69. The van der Waals surface area contributed by atoms with E-state index in [1.54, 1.807) is 31.5 Å². The summed E-state index contributed by atoms with van der Waals surface area (Å²) >= 11 is 0.937. The number of aromatic nitrogens is 2. The molecule has 2 aromatic heterocycles. The number of carbonyl (C=O) groups is 1. The first-order valence-corrected chi connectivity index (χ1v) is 10.9. The Kier molecular flexibility index (Phi) is 5.53. The maximum Gasteiger partial charge on any atom is 0.387 e. The van der Waals surface area contributed by atoms with Gasteiger partial charge >= 0.3 is 5.84 Å². The molecule has 34 heavy (non-hydrogen) atoms. The number of anilines is 1. The maximum absolute atomic E-state index is 15.2. The second-order valence-electron chi connectivity index (χ2n) is 7.40. The van der Waals surface area contributed by atoms with E-state index < -0.39 is 28.8 Å². The summed E-state index contributed by atoms with van der Waals surface area (Å²) in [5, 5.41) is 0.398. The lowest BCUT2D eigenvalue weighted by atomic mass is 10.0. The molecule has 0 saturated heterocycles. The van der Waals surface area contributed by atoms with Gasteiger partial charge in [0.15, 0.2) is 5.82 Å². The zero-order valence-electron chi connectivity index (χ0n) is 17.6. The van der Waals surface area contributed by atoms with Crippen LogP contribution in [0.4, 0.5) is 18.9 Å². The van der Waals surface area contributed by atoms with Crippen LogP contribution in [0.3, 0.4) is 0 Å². The van der Waals surface area contributed by atoms with Gasteiger partial charge in [-0.3, -0.25) is 4.79 Å². The lowest BCUT2D eigenvalue weighted by Crippen LogP contribution is -2.09. The highest BCUT2D eigenvalue weighted by Crippen LogP contribution is 2.30. The Labute approximate surface area is 195 Å². The summed E-state index contributed by atoms with van der Waals surface area (Å²) in [5.74, 6) is -2.75. The van der Waals surface area contributed by atoms with Gasteiger partial charge in [0.25, 0.3) is 5.71 Å². The lowest BCUT2D eigenvalue weighted by Gasteiger charge is -2.10. The number of hydrogen-bond donors (Lipinski definition) is 2. The number of rotatable bonds is 6. The van der Waals surface area contributed by atoms with Gasteiger partial charge in [0.1, 0.15) is 17.3 Å². The number of benzene rings is 2. The van der Waals surface area contributed by atoms with Crippen molar-refractivity contribution in [3.63, 3.8) is 0 Å². The van der Waals surface area contributed by atoms with Crippen LogP contribution in [0.15, 0.2) is 64.7 Å². The van der Waals surface area contributed by atoms with Gasteiger partial charge in [-0.2, -0.15) is 4.67 Å². The molecule has 0 bridgehead atoms. The highest BCUT2D eigenvalue weighted by Gasteiger charge is 2.25. The summed E-state index contributed by atoms with van der Waals surface area (Å²) in [4.78, 5) is 25.0. The quantitative estimate of drug-likeness (QED) is 0.239. The van der Waals surface area contributed by atoms with Crippen molar-refractivity contribution in [1.29, 1.82) is 0 Å². The minimum absolute atomic E-state index is 0.0633. The fourth-order valence-corrected chi connectivity index (χ4v) is 4.18. The van der Waals surface area contributed by atoms with Crippen LogP contribution >= 0.6 is 11.9 Å². The molecule has 2 N–H and O–H groups in total. The average Bonchev–Trinajstić information content (AvgIpc) is 3.44. The van der Waals surface area contributed by atoms with Gasteiger partial charge < -0.3 is 9.71 Å². The van der Waals surface area contributed by atoms with Crippen LogP contribution in [0.5, 0.6) is 0 Å². The van der Waals surface area contributed by atoms with Crippen molar-refractivity contribution in [3.05, 3.63) is 89.0 Å². The molecule has 10 heteroatoms. The molecular weight excluding hydrogens is 463 g/mol. The molecule has 0 saturated carbocycles. The van der Waals surface area contributed by atoms with Crippen LogP contribution in [0.1, 0.15) is 28.4 Å². The van der Waals surface area contributed by atoms with Gasteiger partial charge in [-0.15, -0.1) is 0 Å². The van der Waals surface area contributed by atoms with Crippen LogP contribution in [0.25, 0.3) is 11.0 Å². The van der Waals surface area contributed by atoms with Crippen LogP contribution in [0, 0.1) is 17.5 Å². The molecule has 1 aliphatic heterocycles. The topological polar surface area (TPSA) is 84.2 Å². The number of pyridine rings is 1. The second kappa shape index (κ2) is 8.66. The summed E-state index contributed by atoms with van der Waals surface area (Å²) in [6.07, 6.45) is 4.52. The Balaban J connectivity index is 1.50. The number of nitrogens with one attached hydrogen (secondary N) is 2. The number of halogens is 3. The third-order valence-electron chi connectivity index (χ3n) is 5.12. The van der Waals surface area contributed by atoms with Crippen LogP contribution < -0.4 is 9.39 Å². The Hall–Kier alpha value is -4.14. The van der Waals surface area contributed by atoms with E-state index in [2.05, 4.69) is 24.4 Å². The van der Waals surface area contributed by atoms with E-state index in [4.69, 9.17) is 0 Å². The highest BCUT2D eigenvalue weighted by atomic mass is 32.2. The highest BCUT2D eigenvalue weighted by molar-refractivity contribution is 8.00. The number of aliphatic imine (C=N–C) groups is 1. The normalized spacial score (nSPS) is 12.7. The molecule has 0 unspecified atom stereocenters. The third kappa shape index (κ3) is 4.00. The fourth-order valence-electron chi connectivity index (χ4n) is 3.48. The van der Waals surface area contributed by atoms with E-state index in [1.165, 1.54) is 30.5 Å². The fraction of sp³-hybridized carbons (Fsp3) is 0.0417. The molecule has 5 rings (SSSR count). The molecule has 0 atom stereocenters. The summed E-state index contributed by atoms with van der Waals surface area (Å²) in [7, 11) is 0. The molecule has 0 aliphatic carbocycles. The van der Waals surface area contributed by atoms with Crippen molar-refractivity contribution in [2.75, 3.05) is 4.72 Å². The number of nitrogens with zero attached hydrogens (tertiary/aromatic N) is 3. The van der Waals surface area contributed by atoms with E-state index in [0.29, 0.717) is 33.0 Å².